The zero-order chi connectivity index (χ0) is 14.7. The van der Waals surface area contributed by atoms with Gasteiger partial charge in [0.1, 0.15) is 5.82 Å². The van der Waals surface area contributed by atoms with E-state index in [0.29, 0.717) is 22.6 Å². The molecule has 2 aromatic heterocycles. The van der Waals surface area contributed by atoms with E-state index in [4.69, 9.17) is 10.2 Å². The molecule has 0 amide bonds. The van der Waals surface area contributed by atoms with Gasteiger partial charge in [0.15, 0.2) is 10.9 Å². The number of thioether (sulfide) groups is 1. The standard InChI is InChI=1S/C14H12N4O2S/c15-11-6-12(19)18-14(17-11)21-8-13-16-7-10(20-13)9-4-2-1-3-5-9/h1-7H,8H2,(H3,15,17,18,19). The monoisotopic (exact) mass is 300 g/mol. The van der Waals surface area contributed by atoms with Gasteiger partial charge < -0.3 is 15.1 Å². The van der Waals surface area contributed by atoms with Crippen LogP contribution >= 0.6 is 11.8 Å². The Balaban J connectivity index is 1.72. The highest BCUT2D eigenvalue weighted by Gasteiger charge is 2.08. The second kappa shape index (κ2) is 5.84. The number of nitrogens with zero attached hydrogens (tertiary/aromatic N) is 2. The number of oxazole rings is 1. The van der Waals surface area contributed by atoms with E-state index in [0.717, 1.165) is 5.56 Å². The number of aromatic nitrogens is 3. The minimum Gasteiger partial charge on any atom is -0.440 e. The molecule has 0 unspecified atom stereocenters. The SMILES string of the molecule is Nc1cc(=O)[nH]c(SCc2ncc(-c3ccccc3)o2)n1. The molecule has 6 nitrogen and oxygen atoms in total. The van der Waals surface area contributed by atoms with Gasteiger partial charge >= 0.3 is 0 Å². The number of nitrogens with one attached hydrogen (secondary N) is 1. The largest absolute Gasteiger partial charge is 0.440 e. The zero-order valence-electron chi connectivity index (χ0n) is 10.9. The second-order valence-electron chi connectivity index (χ2n) is 4.25. The van der Waals surface area contributed by atoms with Gasteiger partial charge in [-0.05, 0) is 0 Å². The summed E-state index contributed by atoms with van der Waals surface area (Å²) in [6, 6.07) is 11.0. The summed E-state index contributed by atoms with van der Waals surface area (Å²) < 4.78 is 5.67. The molecule has 1 aromatic carbocycles. The minimum atomic E-state index is -0.276. The molecule has 0 radical (unpaired) electrons. The maximum absolute atomic E-state index is 11.3. The van der Waals surface area contributed by atoms with Crippen molar-refractivity contribution in [3.05, 3.63) is 58.8 Å². The number of nitrogens with two attached hydrogens (primary N) is 1. The predicted octanol–water partition coefficient (Wildman–Crippen LogP) is 2.30. The van der Waals surface area contributed by atoms with E-state index < -0.39 is 0 Å². The van der Waals surface area contributed by atoms with Gasteiger partial charge in [0.05, 0.1) is 11.9 Å². The molecule has 0 aliphatic rings. The lowest BCUT2D eigenvalue weighted by Gasteiger charge is -1.99. The van der Waals surface area contributed by atoms with Crippen molar-refractivity contribution in [2.45, 2.75) is 10.9 Å². The van der Waals surface area contributed by atoms with Crippen LogP contribution in [0.4, 0.5) is 5.82 Å². The van der Waals surface area contributed by atoms with Gasteiger partial charge in [0.2, 0.25) is 5.89 Å². The summed E-state index contributed by atoms with van der Waals surface area (Å²) in [5.41, 5.74) is 6.22. The van der Waals surface area contributed by atoms with Crippen LogP contribution in [0.1, 0.15) is 5.89 Å². The Labute approximate surface area is 124 Å². The van der Waals surface area contributed by atoms with Gasteiger partial charge in [0.25, 0.3) is 5.56 Å². The van der Waals surface area contributed by atoms with E-state index in [2.05, 4.69) is 15.0 Å². The number of nitrogen functional groups attached to an aromatic ring is 1. The van der Waals surface area contributed by atoms with Crippen LogP contribution in [0.2, 0.25) is 0 Å². The Bertz CT molecular complexity index is 798. The van der Waals surface area contributed by atoms with Crippen molar-refractivity contribution in [3.8, 4) is 11.3 Å². The fourth-order valence-electron chi connectivity index (χ4n) is 1.76. The van der Waals surface area contributed by atoms with Crippen LogP contribution in [-0.2, 0) is 5.75 Å². The van der Waals surface area contributed by atoms with Gasteiger partial charge in [-0.1, -0.05) is 42.1 Å². The molecule has 0 fully saturated rings. The quantitative estimate of drug-likeness (QED) is 0.566. The van der Waals surface area contributed by atoms with E-state index in [1.54, 1.807) is 6.20 Å². The van der Waals surface area contributed by atoms with Gasteiger partial charge in [0, 0.05) is 11.6 Å². The van der Waals surface area contributed by atoms with Crippen LogP contribution in [0.15, 0.2) is 57.0 Å². The molecule has 7 heteroatoms. The molecule has 2 heterocycles. The number of benzene rings is 1. The maximum Gasteiger partial charge on any atom is 0.253 e. The topological polar surface area (TPSA) is 97.8 Å². The number of hydrogen-bond acceptors (Lipinski definition) is 6. The molecule has 0 atom stereocenters. The fraction of sp³-hybridized carbons (Fsp3) is 0.0714. The summed E-state index contributed by atoms with van der Waals surface area (Å²) in [7, 11) is 0. The van der Waals surface area contributed by atoms with Crippen molar-refractivity contribution < 1.29 is 4.42 Å². The van der Waals surface area contributed by atoms with Crippen LogP contribution in [0.3, 0.4) is 0 Å². The molecule has 0 aliphatic heterocycles. The molecular formula is C14H12N4O2S. The van der Waals surface area contributed by atoms with Crippen molar-refractivity contribution in [2.24, 2.45) is 0 Å². The first-order valence-corrected chi connectivity index (χ1v) is 7.19. The number of anilines is 1. The Morgan fingerprint density at radius 1 is 1.29 bits per heavy atom. The summed E-state index contributed by atoms with van der Waals surface area (Å²) in [6.45, 7) is 0. The van der Waals surface area contributed by atoms with Crippen molar-refractivity contribution >= 4 is 17.6 Å². The number of aromatic amines is 1. The van der Waals surface area contributed by atoms with Crippen molar-refractivity contribution in [2.75, 3.05) is 5.73 Å². The third kappa shape index (κ3) is 3.32. The molecular weight excluding hydrogens is 288 g/mol. The molecule has 106 valence electrons. The lowest BCUT2D eigenvalue weighted by Crippen LogP contribution is -2.09. The Hall–Kier alpha value is -2.54. The number of H-pyrrole nitrogens is 1. The molecule has 3 N–H and O–H groups in total. The zero-order valence-corrected chi connectivity index (χ0v) is 11.8. The lowest BCUT2D eigenvalue weighted by molar-refractivity contribution is 0.530. The summed E-state index contributed by atoms with van der Waals surface area (Å²) in [4.78, 5) is 22.1. The Kier molecular flexibility index (Phi) is 3.74. The van der Waals surface area contributed by atoms with Crippen LogP contribution < -0.4 is 11.3 Å². The number of hydrogen-bond donors (Lipinski definition) is 2. The molecule has 0 bridgehead atoms. The minimum absolute atomic E-state index is 0.193. The van der Waals surface area contributed by atoms with Crippen LogP contribution in [-0.4, -0.2) is 15.0 Å². The van der Waals surface area contributed by atoms with Gasteiger partial charge in [-0.2, -0.15) is 0 Å². The second-order valence-corrected chi connectivity index (χ2v) is 5.21. The van der Waals surface area contributed by atoms with Gasteiger partial charge in [-0.25, -0.2) is 9.97 Å². The van der Waals surface area contributed by atoms with E-state index in [1.807, 2.05) is 30.3 Å². The highest BCUT2D eigenvalue weighted by molar-refractivity contribution is 7.98. The average Bonchev–Trinajstić information content (AvgIpc) is 2.94. The van der Waals surface area contributed by atoms with Crippen LogP contribution in [0, 0.1) is 0 Å². The molecule has 21 heavy (non-hydrogen) atoms. The van der Waals surface area contributed by atoms with Crippen molar-refractivity contribution in [1.82, 2.24) is 15.0 Å². The van der Waals surface area contributed by atoms with Gasteiger partial charge in [-0.15, -0.1) is 0 Å². The Morgan fingerprint density at radius 2 is 2.10 bits per heavy atom. The average molecular weight is 300 g/mol. The van der Waals surface area contributed by atoms with Crippen LogP contribution in [0.5, 0.6) is 0 Å². The maximum atomic E-state index is 11.3. The Morgan fingerprint density at radius 3 is 2.86 bits per heavy atom. The molecule has 0 aliphatic carbocycles. The summed E-state index contributed by atoms with van der Waals surface area (Å²) in [5.74, 6) is 1.92. The lowest BCUT2D eigenvalue weighted by atomic mass is 10.2. The van der Waals surface area contributed by atoms with E-state index >= 15 is 0 Å². The van der Waals surface area contributed by atoms with Crippen LogP contribution in [0.25, 0.3) is 11.3 Å². The highest BCUT2D eigenvalue weighted by atomic mass is 32.2. The summed E-state index contributed by atoms with van der Waals surface area (Å²) in [5, 5.41) is 0.444. The summed E-state index contributed by atoms with van der Waals surface area (Å²) >= 11 is 1.31. The summed E-state index contributed by atoms with van der Waals surface area (Å²) in [6.07, 6.45) is 1.68. The molecule has 0 spiro atoms. The van der Waals surface area contributed by atoms with E-state index in [9.17, 15) is 4.79 Å². The number of rotatable bonds is 4. The third-order valence-electron chi connectivity index (χ3n) is 2.68. The molecule has 0 saturated heterocycles. The van der Waals surface area contributed by atoms with Crippen molar-refractivity contribution in [3.63, 3.8) is 0 Å². The van der Waals surface area contributed by atoms with Crippen molar-refractivity contribution in [1.29, 1.82) is 0 Å². The first-order chi connectivity index (χ1) is 10.2. The smallest absolute Gasteiger partial charge is 0.253 e. The van der Waals surface area contributed by atoms with E-state index in [-0.39, 0.29) is 11.4 Å². The molecule has 3 aromatic rings. The first-order valence-electron chi connectivity index (χ1n) is 6.20. The van der Waals surface area contributed by atoms with Gasteiger partial charge in [-0.3, -0.25) is 4.79 Å². The molecule has 3 rings (SSSR count). The first kappa shape index (κ1) is 13.4. The van der Waals surface area contributed by atoms with E-state index in [1.165, 1.54) is 17.8 Å². The highest BCUT2D eigenvalue weighted by Crippen LogP contribution is 2.23. The third-order valence-corrected chi connectivity index (χ3v) is 3.54. The fourth-order valence-corrected chi connectivity index (χ4v) is 2.50. The normalized spacial score (nSPS) is 10.7. The molecule has 0 saturated carbocycles. The predicted molar refractivity (Wildman–Crippen MR) is 80.8 cm³/mol.